The molecule has 5 heteroatoms. The first kappa shape index (κ1) is 11.7. The molecular formula is C11H22N4O. The molecule has 0 spiro atoms. The number of hydrogen-bond acceptors (Lipinski definition) is 3. The first-order chi connectivity index (χ1) is 7.75. The van der Waals surface area contributed by atoms with E-state index >= 15 is 0 Å². The van der Waals surface area contributed by atoms with E-state index in [1.54, 1.807) is 0 Å². The predicted molar refractivity (Wildman–Crippen MR) is 64.5 cm³/mol. The van der Waals surface area contributed by atoms with Crippen LogP contribution in [0.2, 0.25) is 0 Å². The van der Waals surface area contributed by atoms with E-state index in [9.17, 15) is 0 Å². The van der Waals surface area contributed by atoms with Crippen molar-refractivity contribution in [2.75, 3.05) is 32.8 Å². The Morgan fingerprint density at radius 2 is 2.38 bits per heavy atom. The SMILES string of the molecule is CC1COCCN1CCN=C(N)NC1CC1. The Labute approximate surface area is 97.0 Å². The van der Waals surface area contributed by atoms with Crippen molar-refractivity contribution in [1.29, 1.82) is 0 Å². The van der Waals surface area contributed by atoms with E-state index in [1.165, 1.54) is 12.8 Å². The molecule has 1 aliphatic heterocycles. The first-order valence-corrected chi connectivity index (χ1v) is 6.14. The number of nitrogens with zero attached hydrogens (tertiary/aromatic N) is 2. The van der Waals surface area contributed by atoms with Crippen molar-refractivity contribution in [3.05, 3.63) is 0 Å². The second kappa shape index (κ2) is 5.50. The van der Waals surface area contributed by atoms with E-state index in [4.69, 9.17) is 10.5 Å². The average Bonchev–Trinajstić information content (AvgIpc) is 3.05. The van der Waals surface area contributed by atoms with Crippen LogP contribution in [-0.4, -0.2) is 55.8 Å². The van der Waals surface area contributed by atoms with E-state index in [-0.39, 0.29) is 0 Å². The summed E-state index contributed by atoms with van der Waals surface area (Å²) >= 11 is 0. The van der Waals surface area contributed by atoms with Crippen molar-refractivity contribution in [2.24, 2.45) is 10.7 Å². The summed E-state index contributed by atoms with van der Waals surface area (Å²) < 4.78 is 5.39. The fraction of sp³-hybridized carbons (Fsp3) is 0.909. The fourth-order valence-electron chi connectivity index (χ4n) is 1.88. The molecule has 0 aromatic heterocycles. The molecule has 92 valence electrons. The predicted octanol–water partition coefficient (Wildman–Crippen LogP) is -0.226. The van der Waals surface area contributed by atoms with Crippen LogP contribution in [0.1, 0.15) is 19.8 Å². The van der Waals surface area contributed by atoms with Gasteiger partial charge in [0.2, 0.25) is 0 Å². The maximum Gasteiger partial charge on any atom is 0.188 e. The van der Waals surface area contributed by atoms with Gasteiger partial charge in [-0.05, 0) is 19.8 Å². The molecule has 1 unspecified atom stereocenters. The second-order valence-corrected chi connectivity index (χ2v) is 4.65. The third-order valence-corrected chi connectivity index (χ3v) is 3.10. The number of rotatable bonds is 4. The van der Waals surface area contributed by atoms with Gasteiger partial charge in [-0.3, -0.25) is 9.89 Å². The van der Waals surface area contributed by atoms with Crippen molar-refractivity contribution in [3.8, 4) is 0 Å². The maximum absolute atomic E-state index is 5.76. The minimum atomic E-state index is 0.501. The largest absolute Gasteiger partial charge is 0.379 e. The van der Waals surface area contributed by atoms with Crippen LogP contribution in [0.15, 0.2) is 4.99 Å². The molecule has 2 aliphatic rings. The Kier molecular flexibility index (Phi) is 4.01. The number of nitrogens with two attached hydrogens (primary N) is 1. The van der Waals surface area contributed by atoms with Crippen molar-refractivity contribution in [3.63, 3.8) is 0 Å². The highest BCUT2D eigenvalue weighted by Gasteiger charge is 2.21. The molecule has 0 amide bonds. The number of guanidine groups is 1. The Hall–Kier alpha value is -0.810. The van der Waals surface area contributed by atoms with E-state index in [1.807, 2.05) is 0 Å². The molecule has 2 fully saturated rings. The summed E-state index contributed by atoms with van der Waals surface area (Å²) in [6.07, 6.45) is 2.47. The van der Waals surface area contributed by atoms with Gasteiger partial charge in [-0.1, -0.05) is 0 Å². The number of ether oxygens (including phenoxy) is 1. The average molecular weight is 226 g/mol. The van der Waals surface area contributed by atoms with Gasteiger partial charge in [0.15, 0.2) is 5.96 Å². The molecule has 1 atom stereocenters. The van der Waals surface area contributed by atoms with Gasteiger partial charge in [-0.25, -0.2) is 0 Å². The lowest BCUT2D eigenvalue weighted by Crippen LogP contribution is -2.45. The van der Waals surface area contributed by atoms with Gasteiger partial charge in [0, 0.05) is 25.2 Å². The summed E-state index contributed by atoms with van der Waals surface area (Å²) in [4.78, 5) is 6.73. The molecule has 3 N–H and O–H groups in total. The molecule has 1 heterocycles. The highest BCUT2D eigenvalue weighted by atomic mass is 16.5. The second-order valence-electron chi connectivity index (χ2n) is 4.65. The van der Waals surface area contributed by atoms with Crippen molar-refractivity contribution < 1.29 is 4.74 Å². The highest BCUT2D eigenvalue weighted by Crippen LogP contribution is 2.17. The lowest BCUT2D eigenvalue weighted by Gasteiger charge is -2.32. The normalized spacial score (nSPS) is 28.1. The summed E-state index contributed by atoms with van der Waals surface area (Å²) in [7, 11) is 0. The van der Waals surface area contributed by atoms with E-state index < -0.39 is 0 Å². The van der Waals surface area contributed by atoms with Gasteiger partial charge < -0.3 is 15.8 Å². The monoisotopic (exact) mass is 226 g/mol. The standard InChI is InChI=1S/C11H22N4O/c1-9-8-16-7-6-15(9)5-4-13-11(12)14-10-2-3-10/h9-10H,2-8H2,1H3,(H3,12,13,14). The summed E-state index contributed by atoms with van der Waals surface area (Å²) in [5.41, 5.74) is 5.76. The number of aliphatic imine (C=N–C) groups is 1. The topological polar surface area (TPSA) is 62.9 Å². The van der Waals surface area contributed by atoms with Crippen LogP contribution >= 0.6 is 0 Å². The Bertz CT molecular complexity index is 252. The van der Waals surface area contributed by atoms with Gasteiger partial charge in [0.05, 0.1) is 19.8 Å². The summed E-state index contributed by atoms with van der Waals surface area (Å²) in [5, 5.41) is 3.19. The minimum Gasteiger partial charge on any atom is -0.379 e. The van der Waals surface area contributed by atoms with Gasteiger partial charge in [-0.2, -0.15) is 0 Å². The third-order valence-electron chi connectivity index (χ3n) is 3.10. The third kappa shape index (κ3) is 3.64. The summed E-state index contributed by atoms with van der Waals surface area (Å²) in [6, 6.07) is 1.09. The molecule has 2 rings (SSSR count). The van der Waals surface area contributed by atoms with Crippen LogP contribution in [0, 0.1) is 0 Å². The zero-order valence-corrected chi connectivity index (χ0v) is 9.98. The Balaban J connectivity index is 1.65. The summed E-state index contributed by atoms with van der Waals surface area (Å²) in [6.45, 7) is 6.61. The number of morpholine rings is 1. The molecule has 0 aromatic carbocycles. The van der Waals surface area contributed by atoms with Crippen LogP contribution < -0.4 is 11.1 Å². The summed E-state index contributed by atoms with van der Waals surface area (Å²) in [5.74, 6) is 0.600. The zero-order valence-electron chi connectivity index (χ0n) is 9.98. The zero-order chi connectivity index (χ0) is 11.4. The molecule has 5 nitrogen and oxygen atoms in total. The molecule has 1 saturated carbocycles. The van der Waals surface area contributed by atoms with Crippen molar-refractivity contribution >= 4 is 5.96 Å². The minimum absolute atomic E-state index is 0.501. The van der Waals surface area contributed by atoms with Crippen LogP contribution in [0.4, 0.5) is 0 Å². The van der Waals surface area contributed by atoms with Crippen LogP contribution in [0.25, 0.3) is 0 Å². The Morgan fingerprint density at radius 1 is 1.56 bits per heavy atom. The molecule has 0 radical (unpaired) electrons. The molecule has 16 heavy (non-hydrogen) atoms. The van der Waals surface area contributed by atoms with Crippen LogP contribution in [-0.2, 0) is 4.74 Å². The molecule has 1 aliphatic carbocycles. The maximum atomic E-state index is 5.76. The first-order valence-electron chi connectivity index (χ1n) is 6.14. The molecule has 0 aromatic rings. The van der Waals surface area contributed by atoms with Gasteiger partial charge in [-0.15, -0.1) is 0 Å². The van der Waals surface area contributed by atoms with Gasteiger partial charge in [0.25, 0.3) is 0 Å². The van der Waals surface area contributed by atoms with Crippen LogP contribution in [0.5, 0.6) is 0 Å². The molecule has 0 bridgehead atoms. The van der Waals surface area contributed by atoms with Gasteiger partial charge in [0.1, 0.15) is 0 Å². The van der Waals surface area contributed by atoms with E-state index in [2.05, 4.69) is 22.1 Å². The van der Waals surface area contributed by atoms with E-state index in [0.717, 1.165) is 32.8 Å². The Morgan fingerprint density at radius 3 is 3.06 bits per heavy atom. The lowest BCUT2D eigenvalue weighted by molar-refractivity contribution is 0.00141. The van der Waals surface area contributed by atoms with Crippen LogP contribution in [0.3, 0.4) is 0 Å². The lowest BCUT2D eigenvalue weighted by atomic mass is 10.2. The van der Waals surface area contributed by atoms with Gasteiger partial charge >= 0.3 is 0 Å². The molecular weight excluding hydrogens is 204 g/mol. The smallest absolute Gasteiger partial charge is 0.188 e. The van der Waals surface area contributed by atoms with Crippen molar-refractivity contribution in [2.45, 2.75) is 31.8 Å². The molecule has 1 saturated heterocycles. The fourth-order valence-corrected chi connectivity index (χ4v) is 1.88. The number of nitrogens with one attached hydrogen (secondary N) is 1. The highest BCUT2D eigenvalue weighted by molar-refractivity contribution is 5.78. The quantitative estimate of drug-likeness (QED) is 0.513. The van der Waals surface area contributed by atoms with E-state index in [0.29, 0.717) is 18.0 Å². The number of hydrogen-bond donors (Lipinski definition) is 2. The van der Waals surface area contributed by atoms with Crippen molar-refractivity contribution in [1.82, 2.24) is 10.2 Å².